The third kappa shape index (κ3) is 4.59. The minimum Gasteiger partial charge on any atom is -0.176 e. The number of rotatable bonds is 3. The van der Waals surface area contributed by atoms with Crippen LogP contribution in [-0.4, -0.2) is 48.2 Å². The van der Waals surface area contributed by atoms with Gasteiger partial charge in [-0.05, 0) is 10.6 Å². The van der Waals surface area contributed by atoms with Gasteiger partial charge in [0.05, 0.1) is 19.0 Å². The first-order chi connectivity index (χ1) is 13.9. The second kappa shape index (κ2) is 9.88. The molecule has 30 heavy (non-hydrogen) atoms. The molecule has 5 rings (SSSR count). The molecular formula is C23H28AuN3P2S+2. The van der Waals surface area contributed by atoms with Gasteiger partial charge in [0, 0.05) is 13.1 Å². The van der Waals surface area contributed by atoms with Gasteiger partial charge >= 0.3 is 22.4 Å². The number of hydrogen-bond acceptors (Lipinski definition) is 3. The van der Waals surface area contributed by atoms with Crippen LogP contribution in [0.25, 0.3) is 0 Å². The second-order valence-electron chi connectivity index (χ2n) is 7.98. The van der Waals surface area contributed by atoms with Crippen LogP contribution in [-0.2, 0) is 34.2 Å². The van der Waals surface area contributed by atoms with Gasteiger partial charge in [-0.15, -0.1) is 10.3 Å². The Balaban J connectivity index is 0.000000214. The Kier molecular flexibility index (Phi) is 7.91. The number of quaternary nitrogens is 1. The maximum Gasteiger partial charge on any atom is 1.00 e. The SMILES string of the molecule is CN1C[PH+]2C[N+](C)(C)N12.S=P(c1[c-]cccc1)(c1ccccc1)c1ccccc1.[Au+]. The molecular weight excluding hydrogens is 609 g/mol. The Morgan fingerprint density at radius 1 is 0.900 bits per heavy atom. The topological polar surface area (TPSA) is 6.48 Å². The Labute approximate surface area is 202 Å². The number of hydrazine groups is 1. The molecule has 3 aromatic rings. The molecule has 2 heterocycles. The molecule has 1 atom stereocenters. The summed E-state index contributed by atoms with van der Waals surface area (Å²) < 4.78 is 1.10. The molecule has 0 aliphatic carbocycles. The van der Waals surface area contributed by atoms with E-state index in [1.54, 1.807) is 0 Å². The van der Waals surface area contributed by atoms with E-state index in [0.717, 1.165) is 9.90 Å². The summed E-state index contributed by atoms with van der Waals surface area (Å²) in [4.78, 5) is 2.50. The molecule has 7 heteroatoms. The minimum absolute atomic E-state index is 0. The molecule has 160 valence electrons. The van der Waals surface area contributed by atoms with Crippen LogP contribution in [0.15, 0.2) is 84.9 Å². The molecule has 2 saturated heterocycles. The molecule has 2 fully saturated rings. The molecule has 0 amide bonds. The van der Waals surface area contributed by atoms with Crippen molar-refractivity contribution in [2.45, 2.75) is 0 Å². The Hall–Kier alpha value is -0.640. The van der Waals surface area contributed by atoms with Gasteiger partial charge in [0.25, 0.3) is 0 Å². The van der Waals surface area contributed by atoms with Gasteiger partial charge < -0.3 is 0 Å². The zero-order valence-corrected chi connectivity index (χ0v) is 22.4. The molecule has 3 nitrogen and oxygen atoms in total. The van der Waals surface area contributed by atoms with Crippen molar-refractivity contribution in [3.8, 4) is 0 Å². The third-order valence-electron chi connectivity index (χ3n) is 5.37. The molecule has 0 aromatic heterocycles. The summed E-state index contributed by atoms with van der Waals surface area (Å²) in [6, 6.07) is 30.2. The van der Waals surface area contributed by atoms with Crippen molar-refractivity contribution in [2.24, 2.45) is 0 Å². The van der Waals surface area contributed by atoms with E-state index in [2.05, 4.69) is 91.7 Å². The van der Waals surface area contributed by atoms with E-state index >= 15 is 0 Å². The van der Waals surface area contributed by atoms with Crippen molar-refractivity contribution < 1.29 is 27.0 Å². The van der Waals surface area contributed by atoms with Crippen LogP contribution >= 0.6 is 14.1 Å². The normalized spacial score (nSPS) is 19.8. The van der Waals surface area contributed by atoms with E-state index < -0.39 is 6.04 Å². The van der Waals surface area contributed by atoms with Crippen molar-refractivity contribution in [3.63, 3.8) is 0 Å². The predicted molar refractivity (Wildman–Crippen MR) is 131 cm³/mol. The zero-order chi connectivity index (χ0) is 20.5. The van der Waals surface area contributed by atoms with Gasteiger partial charge in [-0.1, -0.05) is 72.5 Å². The van der Waals surface area contributed by atoms with Crippen molar-refractivity contribution in [2.75, 3.05) is 33.7 Å². The smallest absolute Gasteiger partial charge is 0.176 e. The van der Waals surface area contributed by atoms with Crippen LogP contribution in [0.4, 0.5) is 0 Å². The van der Waals surface area contributed by atoms with E-state index in [-0.39, 0.29) is 30.5 Å². The first kappa shape index (κ1) is 24.0. The van der Waals surface area contributed by atoms with Crippen LogP contribution in [0.5, 0.6) is 0 Å². The fourth-order valence-corrected chi connectivity index (χ4v) is 10.8. The number of fused-ring (bicyclic) bond motifs is 1. The maximum absolute atomic E-state index is 6.18. The molecule has 0 spiro atoms. The summed E-state index contributed by atoms with van der Waals surface area (Å²) in [6.07, 6.45) is 2.79. The average molecular weight is 637 g/mol. The van der Waals surface area contributed by atoms with Crippen molar-refractivity contribution in [3.05, 3.63) is 91.0 Å². The van der Waals surface area contributed by atoms with Gasteiger partial charge in [0.15, 0.2) is 6.29 Å². The Morgan fingerprint density at radius 2 is 1.43 bits per heavy atom. The minimum atomic E-state index is -2.00. The van der Waals surface area contributed by atoms with E-state index in [1.807, 2.05) is 30.3 Å². The summed E-state index contributed by atoms with van der Waals surface area (Å²) in [6.45, 7) is 0. The van der Waals surface area contributed by atoms with Crippen LogP contribution in [0.2, 0.25) is 0 Å². The van der Waals surface area contributed by atoms with Crippen molar-refractivity contribution >= 4 is 41.8 Å². The molecule has 2 aliphatic heterocycles. The van der Waals surface area contributed by atoms with E-state index in [9.17, 15) is 0 Å². The predicted octanol–water partition coefficient (Wildman–Crippen LogP) is 3.44. The van der Waals surface area contributed by atoms with Crippen LogP contribution in [0.1, 0.15) is 0 Å². The second-order valence-corrected chi connectivity index (χ2v) is 14.5. The summed E-state index contributed by atoms with van der Waals surface area (Å²) in [5.41, 5.74) is 0. The van der Waals surface area contributed by atoms with E-state index in [0.29, 0.717) is 0 Å². The average Bonchev–Trinajstić information content (AvgIpc) is 2.74. The van der Waals surface area contributed by atoms with Gasteiger partial charge in [0.1, 0.15) is 0 Å². The molecule has 1 unspecified atom stereocenters. The van der Waals surface area contributed by atoms with Gasteiger partial charge in [-0.2, -0.15) is 34.9 Å². The number of hydrogen-bond donors (Lipinski definition) is 0. The van der Waals surface area contributed by atoms with Crippen molar-refractivity contribution in [1.82, 2.24) is 9.90 Å². The Bertz CT molecular complexity index is 895. The van der Waals surface area contributed by atoms with Gasteiger partial charge in [-0.25, -0.2) is 0 Å². The summed E-state index contributed by atoms with van der Waals surface area (Å²) >= 11 is 6.18. The molecule has 0 radical (unpaired) electrons. The molecule has 0 bridgehead atoms. The molecule has 3 aromatic carbocycles. The van der Waals surface area contributed by atoms with E-state index in [4.69, 9.17) is 11.8 Å². The quantitative estimate of drug-likeness (QED) is 0.188. The first-order valence-electron chi connectivity index (χ1n) is 9.81. The van der Waals surface area contributed by atoms with Crippen LogP contribution in [0, 0.1) is 6.07 Å². The Morgan fingerprint density at radius 3 is 1.80 bits per heavy atom. The largest absolute Gasteiger partial charge is 1.00 e. The maximum atomic E-state index is 6.18. The number of nitrogens with zero attached hydrogens (tertiary/aromatic N) is 3. The van der Waals surface area contributed by atoms with Gasteiger partial charge in [-0.3, -0.25) is 0 Å². The standard InChI is InChI=1S/C18H14PS.C5H13N3P.Au/c20-19(16-10-4-1-5-11-16,17-12-6-2-7-13-17)18-14-8-3-9-15-18;1-6-4-9-5-8(2,3)7(6)9;/h1-14H;4-5H2,1-3H3;/q-1;2*+1/p+1. The zero-order valence-electron chi connectivity index (χ0n) is 17.5. The number of benzene rings is 3. The van der Waals surface area contributed by atoms with Crippen LogP contribution < -0.4 is 15.9 Å². The van der Waals surface area contributed by atoms with E-state index in [1.165, 1.54) is 23.2 Å². The molecule has 0 N–H and O–H groups in total. The van der Waals surface area contributed by atoms with Gasteiger partial charge in [0.2, 0.25) is 14.4 Å². The molecule has 2 aliphatic rings. The fraction of sp³-hybridized carbons (Fsp3) is 0.217. The summed E-state index contributed by atoms with van der Waals surface area (Å²) in [5, 5.41) is 5.87. The third-order valence-corrected chi connectivity index (χ3v) is 13.6. The molecule has 0 saturated carbocycles. The fourth-order valence-electron chi connectivity index (χ4n) is 4.19. The van der Waals surface area contributed by atoms with Crippen LogP contribution in [0.3, 0.4) is 0 Å². The van der Waals surface area contributed by atoms with Crippen molar-refractivity contribution in [1.29, 1.82) is 0 Å². The summed E-state index contributed by atoms with van der Waals surface area (Å²) in [7, 11) is 6.70. The summed E-state index contributed by atoms with van der Waals surface area (Å²) in [5.74, 6) is 0. The monoisotopic (exact) mass is 637 g/mol. The first-order valence-corrected chi connectivity index (χ1v) is 14.5.